The summed E-state index contributed by atoms with van der Waals surface area (Å²) in [5.74, 6) is 0.705. The summed E-state index contributed by atoms with van der Waals surface area (Å²) in [6.07, 6.45) is 2.89. The van der Waals surface area contributed by atoms with Gasteiger partial charge in [0.1, 0.15) is 5.75 Å². The number of aromatic nitrogens is 1. The van der Waals surface area contributed by atoms with Crippen molar-refractivity contribution in [2.75, 3.05) is 0 Å². The summed E-state index contributed by atoms with van der Waals surface area (Å²) in [4.78, 5) is 14.2. The molecule has 3 heteroatoms. The Bertz CT molecular complexity index is 630. The number of aryl methyl sites for hydroxylation is 1. The van der Waals surface area contributed by atoms with Gasteiger partial charge in [0.15, 0.2) is 0 Å². The van der Waals surface area contributed by atoms with Gasteiger partial charge in [0.05, 0.1) is 0 Å². The molecule has 3 rings (SSSR count). The van der Waals surface area contributed by atoms with Crippen molar-refractivity contribution in [2.24, 2.45) is 0 Å². The standard InChI is InChI=1S/C15H15NO2/c17-13-7-6-10-8-12(5-4-11(10)9-13)14-2-1-3-15(18)16-14/h1-3,6-7,9,12,17H,4-5,8H2,(H,16,18)/t12-/m1/s1. The molecule has 2 N–H and O–H groups in total. The normalized spacial score (nSPS) is 18.3. The second kappa shape index (κ2) is 4.33. The van der Waals surface area contributed by atoms with Crippen molar-refractivity contribution in [3.63, 3.8) is 0 Å². The monoisotopic (exact) mass is 241 g/mol. The number of hydrogen-bond donors (Lipinski definition) is 2. The molecule has 0 fully saturated rings. The van der Waals surface area contributed by atoms with Crippen LogP contribution < -0.4 is 5.56 Å². The maximum Gasteiger partial charge on any atom is 0.248 e. The number of rotatable bonds is 1. The first-order valence-corrected chi connectivity index (χ1v) is 6.22. The lowest BCUT2D eigenvalue weighted by Gasteiger charge is -2.24. The van der Waals surface area contributed by atoms with Gasteiger partial charge in [-0.2, -0.15) is 0 Å². The van der Waals surface area contributed by atoms with Gasteiger partial charge >= 0.3 is 0 Å². The molecule has 3 nitrogen and oxygen atoms in total. The number of aromatic hydroxyl groups is 1. The average Bonchev–Trinajstić information content (AvgIpc) is 2.38. The predicted octanol–water partition coefficient (Wildman–Crippen LogP) is 2.35. The Morgan fingerprint density at radius 1 is 1.17 bits per heavy atom. The molecule has 1 heterocycles. The molecular formula is C15H15NO2. The molecule has 0 saturated carbocycles. The highest BCUT2D eigenvalue weighted by molar-refractivity contribution is 5.38. The van der Waals surface area contributed by atoms with Crippen molar-refractivity contribution in [3.8, 4) is 5.75 Å². The molecule has 2 aromatic rings. The SMILES string of the molecule is O=c1cccc([C@@H]2CCc3cc(O)ccc3C2)[nH]1. The van der Waals surface area contributed by atoms with Crippen LogP contribution in [0.3, 0.4) is 0 Å². The highest BCUT2D eigenvalue weighted by Crippen LogP contribution is 2.32. The van der Waals surface area contributed by atoms with E-state index in [4.69, 9.17) is 0 Å². The maximum absolute atomic E-state index is 11.3. The molecule has 0 saturated heterocycles. The zero-order valence-corrected chi connectivity index (χ0v) is 10.0. The number of phenolic OH excluding ortho intramolecular Hbond substituents is 1. The number of benzene rings is 1. The molecule has 0 aliphatic heterocycles. The summed E-state index contributed by atoms with van der Waals surface area (Å²) in [5.41, 5.74) is 3.48. The van der Waals surface area contributed by atoms with Gasteiger partial charge in [-0.25, -0.2) is 0 Å². The lowest BCUT2D eigenvalue weighted by atomic mass is 9.82. The van der Waals surface area contributed by atoms with E-state index >= 15 is 0 Å². The molecule has 1 aromatic heterocycles. The fourth-order valence-corrected chi connectivity index (χ4v) is 2.71. The van der Waals surface area contributed by atoms with Gasteiger partial charge in [0.25, 0.3) is 0 Å². The molecule has 0 amide bonds. The molecule has 0 bridgehead atoms. The molecule has 0 unspecified atom stereocenters. The minimum Gasteiger partial charge on any atom is -0.508 e. The molecule has 0 spiro atoms. The van der Waals surface area contributed by atoms with E-state index in [2.05, 4.69) is 4.98 Å². The van der Waals surface area contributed by atoms with Crippen LogP contribution >= 0.6 is 0 Å². The van der Waals surface area contributed by atoms with Gasteiger partial charge in [-0.1, -0.05) is 12.1 Å². The van der Waals surface area contributed by atoms with Crippen LogP contribution in [0.5, 0.6) is 5.75 Å². The van der Waals surface area contributed by atoms with Crippen LogP contribution in [0.4, 0.5) is 0 Å². The minimum absolute atomic E-state index is 0.0380. The Hall–Kier alpha value is -2.03. The van der Waals surface area contributed by atoms with E-state index in [1.54, 1.807) is 12.1 Å². The van der Waals surface area contributed by atoms with Crippen molar-refractivity contribution in [3.05, 3.63) is 63.6 Å². The largest absolute Gasteiger partial charge is 0.508 e. The number of aromatic amines is 1. The lowest BCUT2D eigenvalue weighted by molar-refractivity contribution is 0.472. The number of nitrogens with one attached hydrogen (secondary N) is 1. The molecule has 0 radical (unpaired) electrons. The fourth-order valence-electron chi connectivity index (χ4n) is 2.71. The van der Waals surface area contributed by atoms with Crippen molar-refractivity contribution < 1.29 is 5.11 Å². The quantitative estimate of drug-likeness (QED) is 0.805. The zero-order valence-electron chi connectivity index (χ0n) is 10.0. The van der Waals surface area contributed by atoms with Gasteiger partial charge in [-0.3, -0.25) is 4.79 Å². The molecular weight excluding hydrogens is 226 g/mol. The Morgan fingerprint density at radius 3 is 2.89 bits per heavy atom. The Morgan fingerprint density at radius 2 is 2.06 bits per heavy atom. The van der Waals surface area contributed by atoms with Crippen LogP contribution in [-0.2, 0) is 12.8 Å². The summed E-state index contributed by atoms with van der Waals surface area (Å²) in [6.45, 7) is 0. The number of hydrogen-bond acceptors (Lipinski definition) is 2. The van der Waals surface area contributed by atoms with Crippen LogP contribution in [-0.4, -0.2) is 10.1 Å². The van der Waals surface area contributed by atoms with Crippen molar-refractivity contribution in [1.29, 1.82) is 0 Å². The third-order valence-corrected chi connectivity index (χ3v) is 3.65. The van der Waals surface area contributed by atoms with E-state index in [1.807, 2.05) is 18.2 Å². The van der Waals surface area contributed by atoms with E-state index in [0.717, 1.165) is 25.0 Å². The summed E-state index contributed by atoms with van der Waals surface area (Å²) >= 11 is 0. The van der Waals surface area contributed by atoms with Crippen molar-refractivity contribution in [1.82, 2.24) is 4.98 Å². The predicted molar refractivity (Wildman–Crippen MR) is 69.9 cm³/mol. The van der Waals surface area contributed by atoms with Gasteiger partial charge in [0.2, 0.25) is 5.56 Å². The minimum atomic E-state index is -0.0380. The number of H-pyrrole nitrogens is 1. The number of phenols is 1. The molecule has 92 valence electrons. The summed E-state index contributed by atoms with van der Waals surface area (Å²) in [6, 6.07) is 10.9. The Labute approximate surface area is 105 Å². The van der Waals surface area contributed by atoms with Gasteiger partial charge < -0.3 is 10.1 Å². The summed E-state index contributed by atoms with van der Waals surface area (Å²) in [5, 5.41) is 9.46. The molecule has 1 aliphatic rings. The average molecular weight is 241 g/mol. The highest BCUT2D eigenvalue weighted by atomic mass is 16.3. The van der Waals surface area contributed by atoms with Crippen molar-refractivity contribution in [2.45, 2.75) is 25.2 Å². The molecule has 1 aromatic carbocycles. The smallest absolute Gasteiger partial charge is 0.248 e. The topological polar surface area (TPSA) is 53.1 Å². The Balaban J connectivity index is 1.91. The van der Waals surface area contributed by atoms with Crippen LogP contribution in [0.25, 0.3) is 0 Å². The van der Waals surface area contributed by atoms with E-state index in [1.165, 1.54) is 17.2 Å². The molecule has 18 heavy (non-hydrogen) atoms. The van der Waals surface area contributed by atoms with E-state index < -0.39 is 0 Å². The number of pyridine rings is 1. The third-order valence-electron chi connectivity index (χ3n) is 3.65. The second-order valence-electron chi connectivity index (χ2n) is 4.86. The first kappa shape index (κ1) is 11.1. The van der Waals surface area contributed by atoms with Crippen LogP contribution in [0, 0.1) is 0 Å². The summed E-state index contributed by atoms with van der Waals surface area (Å²) < 4.78 is 0. The Kier molecular flexibility index (Phi) is 2.67. The van der Waals surface area contributed by atoms with Gasteiger partial charge in [-0.05, 0) is 48.6 Å². The second-order valence-corrected chi connectivity index (χ2v) is 4.86. The summed E-state index contributed by atoms with van der Waals surface area (Å²) in [7, 11) is 0. The zero-order chi connectivity index (χ0) is 12.5. The first-order valence-electron chi connectivity index (χ1n) is 6.22. The number of fused-ring (bicyclic) bond motifs is 1. The van der Waals surface area contributed by atoms with E-state index in [9.17, 15) is 9.90 Å². The van der Waals surface area contributed by atoms with E-state index in [-0.39, 0.29) is 5.56 Å². The molecule has 1 atom stereocenters. The van der Waals surface area contributed by atoms with Gasteiger partial charge in [0, 0.05) is 17.7 Å². The van der Waals surface area contributed by atoms with E-state index in [0.29, 0.717) is 11.7 Å². The van der Waals surface area contributed by atoms with Gasteiger partial charge in [-0.15, -0.1) is 0 Å². The maximum atomic E-state index is 11.3. The van der Waals surface area contributed by atoms with Crippen LogP contribution in [0.15, 0.2) is 41.2 Å². The fraction of sp³-hybridized carbons (Fsp3) is 0.267. The molecule has 1 aliphatic carbocycles. The first-order chi connectivity index (χ1) is 8.72. The third kappa shape index (κ3) is 2.04. The highest BCUT2D eigenvalue weighted by Gasteiger charge is 2.20. The lowest BCUT2D eigenvalue weighted by Crippen LogP contribution is -2.17. The van der Waals surface area contributed by atoms with Crippen LogP contribution in [0.1, 0.15) is 29.2 Å². The van der Waals surface area contributed by atoms with Crippen molar-refractivity contribution >= 4 is 0 Å². The van der Waals surface area contributed by atoms with Crippen LogP contribution in [0.2, 0.25) is 0 Å².